The van der Waals surface area contributed by atoms with Crippen LogP contribution in [0.25, 0.3) is 0 Å². The molecule has 1 amide bonds. The van der Waals surface area contributed by atoms with Gasteiger partial charge in [-0.3, -0.25) is 4.79 Å². The van der Waals surface area contributed by atoms with Crippen molar-refractivity contribution in [1.82, 2.24) is 10.6 Å². The van der Waals surface area contributed by atoms with E-state index in [4.69, 9.17) is 26.4 Å². The minimum absolute atomic E-state index is 0.281. The van der Waals surface area contributed by atoms with Gasteiger partial charge in [-0.2, -0.15) is 0 Å². The van der Waals surface area contributed by atoms with Crippen molar-refractivity contribution in [3.05, 3.63) is 59.3 Å². The highest BCUT2D eigenvalue weighted by Crippen LogP contribution is 2.36. The molecule has 0 bridgehead atoms. The highest BCUT2D eigenvalue weighted by Gasteiger charge is 2.32. The van der Waals surface area contributed by atoms with E-state index < -0.39 is 6.04 Å². The smallest absolute Gasteiger partial charge is 0.255 e. The number of carbonyl (C=O) groups excluding carboxylic acids is 1. The Balaban J connectivity index is 2.02. The zero-order valence-corrected chi connectivity index (χ0v) is 18.2. The lowest BCUT2D eigenvalue weighted by Gasteiger charge is -2.31. The molecule has 2 aromatic carbocycles. The first kappa shape index (κ1) is 21.4. The Hall–Kier alpha value is -3.26. The Kier molecular flexibility index (Phi) is 6.79. The number of rotatable bonds is 7. The number of anilines is 1. The minimum Gasteiger partial charge on any atom is -0.497 e. The SMILES string of the molecule is CCOc1ccccc1NC(=O)C1=C(C)NC(=S)NC1c1cc(OC)ccc1OC. The third-order valence-corrected chi connectivity index (χ3v) is 4.92. The van der Waals surface area contributed by atoms with Crippen molar-refractivity contribution < 1.29 is 19.0 Å². The fraction of sp³-hybridized carbons (Fsp3) is 0.273. The van der Waals surface area contributed by atoms with Gasteiger partial charge in [0.25, 0.3) is 5.91 Å². The van der Waals surface area contributed by atoms with Crippen LogP contribution in [-0.4, -0.2) is 31.8 Å². The number of hydrogen-bond acceptors (Lipinski definition) is 5. The summed E-state index contributed by atoms with van der Waals surface area (Å²) in [5.74, 6) is 1.59. The van der Waals surface area contributed by atoms with Gasteiger partial charge in [0.15, 0.2) is 5.11 Å². The summed E-state index contributed by atoms with van der Waals surface area (Å²) in [6, 6.07) is 12.2. The fourth-order valence-corrected chi connectivity index (χ4v) is 3.60. The van der Waals surface area contributed by atoms with Gasteiger partial charge in [0.1, 0.15) is 17.2 Å². The van der Waals surface area contributed by atoms with Crippen molar-refractivity contribution in [3.63, 3.8) is 0 Å². The normalized spacial score (nSPS) is 15.7. The predicted octanol–water partition coefficient (Wildman–Crippen LogP) is 3.53. The van der Waals surface area contributed by atoms with Crippen LogP contribution in [0, 0.1) is 0 Å². The van der Waals surface area contributed by atoms with Crippen molar-refractivity contribution in [2.24, 2.45) is 0 Å². The summed E-state index contributed by atoms with van der Waals surface area (Å²) in [7, 11) is 3.17. The van der Waals surface area contributed by atoms with Gasteiger partial charge in [-0.1, -0.05) is 12.1 Å². The summed E-state index contributed by atoms with van der Waals surface area (Å²) >= 11 is 5.34. The van der Waals surface area contributed by atoms with Crippen LogP contribution >= 0.6 is 12.2 Å². The lowest BCUT2D eigenvalue weighted by atomic mass is 9.94. The van der Waals surface area contributed by atoms with Crippen LogP contribution in [-0.2, 0) is 4.79 Å². The van der Waals surface area contributed by atoms with Crippen LogP contribution in [0.15, 0.2) is 53.7 Å². The van der Waals surface area contributed by atoms with Gasteiger partial charge in [0.05, 0.1) is 38.1 Å². The second-order valence-corrected chi connectivity index (χ2v) is 6.97. The molecule has 0 fully saturated rings. The maximum Gasteiger partial charge on any atom is 0.255 e. The molecule has 1 atom stereocenters. The Labute approximate surface area is 181 Å². The molecule has 1 unspecified atom stereocenters. The number of nitrogens with one attached hydrogen (secondary N) is 3. The third-order valence-electron chi connectivity index (χ3n) is 4.70. The summed E-state index contributed by atoms with van der Waals surface area (Å²) in [6.07, 6.45) is 0. The molecule has 0 aromatic heterocycles. The molecule has 1 aliphatic heterocycles. The van der Waals surface area contributed by atoms with Gasteiger partial charge in [-0.05, 0) is 56.4 Å². The van der Waals surface area contributed by atoms with Crippen molar-refractivity contribution >= 4 is 28.9 Å². The molecule has 0 aliphatic carbocycles. The first-order chi connectivity index (χ1) is 14.5. The summed E-state index contributed by atoms with van der Waals surface area (Å²) in [5.41, 5.74) is 2.47. The standard InChI is InChI=1S/C22H25N3O4S/c1-5-29-18-9-7-6-8-16(18)24-21(26)19-13(2)23-22(30)25-20(19)15-12-14(27-3)10-11-17(15)28-4/h6-12,20H,5H2,1-4H3,(H,24,26)(H2,23,25,30). The lowest BCUT2D eigenvalue weighted by molar-refractivity contribution is -0.113. The number of thiocarbonyl (C=S) groups is 1. The Morgan fingerprint density at radius 2 is 1.90 bits per heavy atom. The molecule has 2 aromatic rings. The monoisotopic (exact) mass is 427 g/mol. The molecule has 0 saturated carbocycles. The Morgan fingerprint density at radius 1 is 1.13 bits per heavy atom. The Bertz CT molecular complexity index is 990. The second-order valence-electron chi connectivity index (χ2n) is 6.56. The van der Waals surface area contributed by atoms with E-state index >= 15 is 0 Å². The number of benzene rings is 2. The number of methoxy groups -OCH3 is 2. The lowest BCUT2D eigenvalue weighted by Crippen LogP contribution is -2.45. The quantitative estimate of drug-likeness (QED) is 0.583. The van der Waals surface area contributed by atoms with E-state index in [2.05, 4.69) is 16.0 Å². The minimum atomic E-state index is -0.525. The molecule has 0 radical (unpaired) electrons. The van der Waals surface area contributed by atoms with E-state index in [1.54, 1.807) is 32.4 Å². The van der Waals surface area contributed by atoms with Crippen LogP contribution in [0.1, 0.15) is 25.5 Å². The molecule has 7 nitrogen and oxygen atoms in total. The van der Waals surface area contributed by atoms with Gasteiger partial charge < -0.3 is 30.2 Å². The molecule has 1 heterocycles. The van der Waals surface area contributed by atoms with Crippen LogP contribution < -0.4 is 30.2 Å². The number of hydrogen-bond donors (Lipinski definition) is 3. The van der Waals surface area contributed by atoms with Crippen LogP contribution in [0.4, 0.5) is 5.69 Å². The number of para-hydroxylation sites is 2. The van der Waals surface area contributed by atoms with Gasteiger partial charge >= 0.3 is 0 Å². The van der Waals surface area contributed by atoms with E-state index in [0.29, 0.717) is 45.9 Å². The predicted molar refractivity (Wildman–Crippen MR) is 120 cm³/mol. The average molecular weight is 428 g/mol. The van der Waals surface area contributed by atoms with Gasteiger partial charge in [0.2, 0.25) is 0 Å². The van der Waals surface area contributed by atoms with Gasteiger partial charge in [0, 0.05) is 11.3 Å². The summed E-state index contributed by atoms with van der Waals surface area (Å²) in [4.78, 5) is 13.4. The summed E-state index contributed by atoms with van der Waals surface area (Å²) in [5, 5.41) is 9.60. The van der Waals surface area contributed by atoms with Crippen LogP contribution in [0.5, 0.6) is 17.2 Å². The number of ether oxygens (including phenoxy) is 3. The molecule has 158 valence electrons. The molecule has 30 heavy (non-hydrogen) atoms. The van der Waals surface area contributed by atoms with E-state index in [-0.39, 0.29) is 5.91 Å². The Morgan fingerprint density at radius 3 is 2.60 bits per heavy atom. The average Bonchev–Trinajstić information content (AvgIpc) is 2.74. The maximum absolute atomic E-state index is 13.4. The molecule has 8 heteroatoms. The van der Waals surface area contributed by atoms with E-state index in [9.17, 15) is 4.79 Å². The largest absolute Gasteiger partial charge is 0.497 e. The van der Waals surface area contributed by atoms with Crippen LogP contribution in [0.3, 0.4) is 0 Å². The summed E-state index contributed by atoms with van der Waals surface area (Å²) in [6.45, 7) is 4.21. The van der Waals surface area contributed by atoms with Crippen molar-refractivity contribution in [2.45, 2.75) is 19.9 Å². The highest BCUT2D eigenvalue weighted by molar-refractivity contribution is 7.80. The number of allylic oxidation sites excluding steroid dienone is 1. The van der Waals surface area contributed by atoms with Crippen molar-refractivity contribution in [1.29, 1.82) is 0 Å². The number of carbonyl (C=O) groups is 1. The van der Waals surface area contributed by atoms with E-state index in [1.165, 1.54) is 0 Å². The zero-order valence-electron chi connectivity index (χ0n) is 17.4. The maximum atomic E-state index is 13.4. The molecule has 1 aliphatic rings. The third kappa shape index (κ3) is 4.49. The molecule has 0 spiro atoms. The molecular weight excluding hydrogens is 402 g/mol. The van der Waals surface area contributed by atoms with Gasteiger partial charge in [-0.15, -0.1) is 0 Å². The second kappa shape index (κ2) is 9.49. The topological polar surface area (TPSA) is 80.9 Å². The van der Waals surface area contributed by atoms with E-state index in [0.717, 1.165) is 5.56 Å². The van der Waals surface area contributed by atoms with E-state index in [1.807, 2.05) is 38.1 Å². The zero-order chi connectivity index (χ0) is 21.7. The summed E-state index contributed by atoms with van der Waals surface area (Å²) < 4.78 is 16.5. The first-order valence-corrected chi connectivity index (χ1v) is 9.92. The molecular formula is C22H25N3O4S. The number of amides is 1. The fourth-order valence-electron chi connectivity index (χ4n) is 3.33. The molecule has 0 saturated heterocycles. The van der Waals surface area contributed by atoms with Crippen molar-refractivity contribution in [2.75, 3.05) is 26.1 Å². The molecule has 3 N–H and O–H groups in total. The van der Waals surface area contributed by atoms with Gasteiger partial charge in [-0.25, -0.2) is 0 Å². The highest BCUT2D eigenvalue weighted by atomic mass is 32.1. The molecule has 3 rings (SSSR count). The van der Waals surface area contributed by atoms with Crippen LogP contribution in [0.2, 0.25) is 0 Å². The van der Waals surface area contributed by atoms with Crippen molar-refractivity contribution in [3.8, 4) is 17.2 Å². The first-order valence-electron chi connectivity index (χ1n) is 9.51.